The first-order chi connectivity index (χ1) is 4.42. The van der Waals surface area contributed by atoms with Crippen LogP contribution in [0.15, 0.2) is 11.6 Å². The Morgan fingerprint density at radius 3 is 2.40 bits per heavy atom. The van der Waals surface area contributed by atoms with Gasteiger partial charge in [0.25, 0.3) is 0 Å². The van der Waals surface area contributed by atoms with Gasteiger partial charge in [-0.25, -0.2) is 0 Å². The Kier molecular flexibility index (Phi) is 4.63. The molecule has 0 bridgehead atoms. The van der Waals surface area contributed by atoms with Gasteiger partial charge >= 0.3 is 6.07 Å². The molecule has 0 aromatic carbocycles. The molecule has 0 rings (SSSR count). The Bertz CT molecular complexity index is 168. The smallest absolute Gasteiger partial charge is 0.302 e. The van der Waals surface area contributed by atoms with Crippen molar-refractivity contribution in [3.05, 3.63) is 11.6 Å². The summed E-state index contributed by atoms with van der Waals surface area (Å²) in [6, 6.07) is 0. The molecule has 0 fully saturated rings. The minimum absolute atomic E-state index is 0.201. The number of hydrogen-bond acceptors (Lipinski definition) is 2. The third kappa shape index (κ3) is 8.51. The Morgan fingerprint density at radius 1 is 1.60 bits per heavy atom. The Morgan fingerprint density at radius 2 is 2.10 bits per heavy atom. The van der Waals surface area contributed by atoms with Crippen molar-refractivity contribution in [2.24, 2.45) is 0 Å². The highest BCUT2D eigenvalue weighted by atomic mass is 35.9. The summed E-state index contributed by atoms with van der Waals surface area (Å²) in [6.45, 7) is 4.00. The lowest BCUT2D eigenvalue weighted by molar-refractivity contribution is 0.376. The van der Waals surface area contributed by atoms with Crippen LogP contribution in [0, 0.1) is 0 Å². The van der Waals surface area contributed by atoms with Gasteiger partial charge in [-0.05, 0) is 36.3 Å². The summed E-state index contributed by atoms with van der Waals surface area (Å²) < 4.78 is 15.0. The predicted molar refractivity (Wildman–Crippen MR) is 44.7 cm³/mol. The zero-order chi connectivity index (χ0) is 8.20. The molecule has 0 aliphatic rings. The normalized spacial score (nSPS) is 11.2. The lowest BCUT2D eigenvalue weighted by atomic mass is 10.3. The van der Waals surface area contributed by atoms with Crippen LogP contribution in [0.4, 0.5) is 0 Å². The molecule has 0 saturated heterocycles. The lowest BCUT2D eigenvalue weighted by Crippen LogP contribution is -1.81. The first kappa shape index (κ1) is 10.5. The third-order valence-corrected chi connectivity index (χ3v) is 1.75. The number of rotatable bonds is 3. The molecular weight excluding hydrogens is 194 g/mol. The first-order valence-electron chi connectivity index (χ1n) is 2.69. The van der Waals surface area contributed by atoms with Gasteiger partial charge in [0.05, 0.1) is 6.61 Å². The Labute approximate surface area is 70.2 Å². The Balaban J connectivity index is 3.58. The maximum absolute atomic E-state index is 10.5. The van der Waals surface area contributed by atoms with Gasteiger partial charge in [-0.2, -0.15) is 0 Å². The topological polar surface area (TPSA) is 26.3 Å². The number of halogens is 2. The molecule has 0 amide bonds. The van der Waals surface area contributed by atoms with E-state index in [0.717, 1.165) is 5.57 Å². The van der Waals surface area contributed by atoms with Crippen LogP contribution in [0.3, 0.4) is 0 Å². The van der Waals surface area contributed by atoms with E-state index in [-0.39, 0.29) is 6.61 Å². The van der Waals surface area contributed by atoms with E-state index in [1.165, 1.54) is 0 Å². The van der Waals surface area contributed by atoms with E-state index in [1.807, 2.05) is 13.8 Å². The van der Waals surface area contributed by atoms with Crippen molar-refractivity contribution < 1.29 is 9.09 Å². The molecule has 0 heterocycles. The highest BCUT2D eigenvalue weighted by Crippen LogP contribution is 2.57. The van der Waals surface area contributed by atoms with Crippen molar-refractivity contribution in [3.63, 3.8) is 0 Å². The van der Waals surface area contributed by atoms with Gasteiger partial charge in [-0.15, -0.1) is 0 Å². The summed E-state index contributed by atoms with van der Waals surface area (Å²) >= 11 is 10.2. The van der Waals surface area contributed by atoms with Crippen LogP contribution in [0.25, 0.3) is 0 Å². The van der Waals surface area contributed by atoms with E-state index in [2.05, 4.69) is 4.52 Å². The molecule has 0 spiro atoms. The summed E-state index contributed by atoms with van der Waals surface area (Å²) in [5, 5.41) is 0. The fraction of sp³-hybridized carbons (Fsp3) is 0.600. The van der Waals surface area contributed by atoms with Crippen LogP contribution in [0.1, 0.15) is 13.8 Å². The van der Waals surface area contributed by atoms with Crippen molar-refractivity contribution in [1.29, 1.82) is 0 Å². The van der Waals surface area contributed by atoms with E-state index < -0.39 is 6.07 Å². The summed E-state index contributed by atoms with van der Waals surface area (Å²) in [5.74, 6) is 0. The van der Waals surface area contributed by atoms with E-state index >= 15 is 0 Å². The standard InChI is InChI=1S/C5H9Cl2O2P/c1-5(2)3-4-9-10(6,7)8/h3H,4H2,1-2H3. The number of hydrogen-bond donors (Lipinski definition) is 0. The highest BCUT2D eigenvalue weighted by molar-refractivity contribution is 8.05. The van der Waals surface area contributed by atoms with Crippen LogP contribution >= 0.6 is 28.6 Å². The second kappa shape index (κ2) is 4.40. The molecule has 0 radical (unpaired) electrons. The number of allylic oxidation sites excluding steroid dienone is 1. The van der Waals surface area contributed by atoms with Crippen molar-refractivity contribution in [1.82, 2.24) is 0 Å². The third-order valence-electron chi connectivity index (χ3n) is 0.716. The fourth-order valence-corrected chi connectivity index (χ4v) is 0.877. The Hall–Kier alpha value is 0.510. The van der Waals surface area contributed by atoms with Crippen LogP contribution in [0.5, 0.6) is 0 Å². The molecule has 5 heteroatoms. The van der Waals surface area contributed by atoms with Gasteiger partial charge in [-0.3, -0.25) is 4.57 Å². The molecule has 0 aliphatic heterocycles. The average Bonchev–Trinajstić information content (AvgIpc) is 1.59. The van der Waals surface area contributed by atoms with Crippen LogP contribution in [0.2, 0.25) is 0 Å². The van der Waals surface area contributed by atoms with Gasteiger partial charge in [-0.1, -0.05) is 11.6 Å². The second-order valence-electron chi connectivity index (χ2n) is 1.99. The van der Waals surface area contributed by atoms with Crippen LogP contribution < -0.4 is 0 Å². The molecule has 0 saturated carbocycles. The largest absolute Gasteiger partial charge is 0.380 e. The van der Waals surface area contributed by atoms with E-state index in [4.69, 9.17) is 22.5 Å². The summed E-state index contributed by atoms with van der Waals surface area (Å²) in [6.07, 6.45) is -1.57. The minimum atomic E-state index is -3.32. The van der Waals surface area contributed by atoms with E-state index in [0.29, 0.717) is 0 Å². The summed E-state index contributed by atoms with van der Waals surface area (Å²) in [4.78, 5) is 0. The lowest BCUT2D eigenvalue weighted by Gasteiger charge is -1.99. The first-order valence-corrected chi connectivity index (χ1v) is 6.12. The molecule has 10 heavy (non-hydrogen) atoms. The second-order valence-corrected chi connectivity index (χ2v) is 6.27. The zero-order valence-corrected chi connectivity index (χ0v) is 8.21. The van der Waals surface area contributed by atoms with Crippen molar-refractivity contribution in [2.75, 3.05) is 6.61 Å². The van der Waals surface area contributed by atoms with E-state index in [1.54, 1.807) is 6.08 Å². The molecular formula is C5H9Cl2O2P. The van der Waals surface area contributed by atoms with Crippen molar-refractivity contribution in [2.45, 2.75) is 13.8 Å². The molecule has 60 valence electrons. The molecule has 0 N–H and O–H groups in total. The molecule has 2 nitrogen and oxygen atoms in total. The summed E-state index contributed by atoms with van der Waals surface area (Å²) in [5.41, 5.74) is 1.07. The quantitative estimate of drug-likeness (QED) is 0.517. The van der Waals surface area contributed by atoms with Crippen LogP contribution in [-0.4, -0.2) is 6.61 Å². The van der Waals surface area contributed by atoms with Gasteiger partial charge in [0.1, 0.15) is 0 Å². The zero-order valence-electron chi connectivity index (χ0n) is 5.80. The maximum Gasteiger partial charge on any atom is 0.380 e. The average molecular weight is 203 g/mol. The molecule has 0 atom stereocenters. The summed E-state index contributed by atoms with van der Waals surface area (Å²) in [7, 11) is 0. The fourth-order valence-electron chi connectivity index (χ4n) is 0.291. The van der Waals surface area contributed by atoms with Crippen molar-refractivity contribution in [3.8, 4) is 0 Å². The van der Waals surface area contributed by atoms with E-state index in [9.17, 15) is 4.57 Å². The molecule has 0 aromatic heterocycles. The van der Waals surface area contributed by atoms with Gasteiger partial charge in [0.15, 0.2) is 0 Å². The van der Waals surface area contributed by atoms with Crippen molar-refractivity contribution >= 4 is 28.6 Å². The SMILES string of the molecule is CC(C)=CCOP(=O)(Cl)Cl. The van der Waals surface area contributed by atoms with Gasteiger partial charge in [0, 0.05) is 0 Å². The predicted octanol–water partition coefficient (Wildman–Crippen LogP) is 3.55. The minimum Gasteiger partial charge on any atom is -0.302 e. The monoisotopic (exact) mass is 202 g/mol. The molecule has 0 aromatic rings. The maximum atomic E-state index is 10.5. The van der Waals surface area contributed by atoms with Gasteiger partial charge in [0.2, 0.25) is 0 Å². The molecule has 0 aliphatic carbocycles. The van der Waals surface area contributed by atoms with Crippen LogP contribution in [-0.2, 0) is 9.09 Å². The highest BCUT2D eigenvalue weighted by Gasteiger charge is 2.11. The molecule has 0 unspecified atom stereocenters. The van der Waals surface area contributed by atoms with Gasteiger partial charge < -0.3 is 4.52 Å².